The molecule has 1 amide bonds. The molecule has 0 bridgehead atoms. The molecule has 5 rings (SSSR count). The maximum atomic E-state index is 14.9. The number of aromatic nitrogens is 3. The minimum Gasteiger partial charge on any atom is -0.302 e. The predicted molar refractivity (Wildman–Crippen MR) is 111 cm³/mol. The third kappa shape index (κ3) is 2.82. The number of aromatic amines is 1. The van der Waals surface area contributed by atoms with Crippen LogP contribution in [0.25, 0.3) is 38.3 Å². The summed E-state index contributed by atoms with van der Waals surface area (Å²) in [5.41, 5.74) is 3.79. The standard InChI is InChI=1S/C21H16F2N4OS/c1-3-11-18(23)9(2)17(13-8-24-27-19(11)13)10-4-5-15-16(6-10)29-21(25-15)26-20(28)12-7-14(12)22/h3-6,8,12,14H,1,7H2,2H3,(H,24,27)(H,25,26,28)/t12-,14+/m1/s1. The molecule has 8 heteroatoms. The largest absolute Gasteiger partial charge is 0.302 e. The predicted octanol–water partition coefficient (Wildman–Crippen LogP) is 5.23. The van der Waals surface area contributed by atoms with E-state index in [2.05, 4.69) is 27.1 Å². The first kappa shape index (κ1) is 17.9. The lowest BCUT2D eigenvalue weighted by Crippen LogP contribution is -2.14. The van der Waals surface area contributed by atoms with Crippen LogP contribution in [0.4, 0.5) is 13.9 Å². The summed E-state index contributed by atoms with van der Waals surface area (Å²) in [7, 11) is 0. The molecule has 1 aliphatic rings. The SMILES string of the molecule is C=Cc1c(F)c(C)c(-c2ccc3nc(NC(=O)[C@@H]4C[C@@H]4F)sc3c2)c2cn[nH]c12. The van der Waals surface area contributed by atoms with Crippen molar-refractivity contribution in [1.82, 2.24) is 15.2 Å². The second-order valence-corrected chi connectivity index (χ2v) is 8.17. The Labute approximate surface area is 168 Å². The van der Waals surface area contributed by atoms with Crippen molar-refractivity contribution in [3.8, 4) is 11.1 Å². The molecule has 29 heavy (non-hydrogen) atoms. The number of thiazole rings is 1. The van der Waals surface area contributed by atoms with Crippen molar-refractivity contribution in [2.24, 2.45) is 5.92 Å². The topological polar surface area (TPSA) is 70.7 Å². The van der Waals surface area contributed by atoms with Gasteiger partial charge in [0, 0.05) is 10.9 Å². The Kier molecular flexibility index (Phi) is 3.99. The maximum Gasteiger partial charge on any atom is 0.232 e. The molecule has 0 aliphatic heterocycles. The lowest BCUT2D eigenvalue weighted by Gasteiger charge is -2.12. The zero-order chi connectivity index (χ0) is 20.3. The summed E-state index contributed by atoms with van der Waals surface area (Å²) in [6.45, 7) is 5.43. The Balaban J connectivity index is 1.59. The molecule has 2 N–H and O–H groups in total. The van der Waals surface area contributed by atoms with Crippen LogP contribution in [0.5, 0.6) is 0 Å². The van der Waals surface area contributed by atoms with Gasteiger partial charge in [-0.1, -0.05) is 30.1 Å². The summed E-state index contributed by atoms with van der Waals surface area (Å²) in [6, 6.07) is 5.62. The Morgan fingerprint density at radius 2 is 2.24 bits per heavy atom. The fourth-order valence-electron chi connectivity index (χ4n) is 3.64. The molecule has 1 aliphatic carbocycles. The van der Waals surface area contributed by atoms with Crippen LogP contribution in [0, 0.1) is 18.7 Å². The van der Waals surface area contributed by atoms with Crippen LogP contribution >= 0.6 is 11.3 Å². The number of carbonyl (C=O) groups excluding carboxylic acids is 1. The Bertz CT molecular complexity index is 1310. The molecule has 0 spiro atoms. The van der Waals surface area contributed by atoms with E-state index >= 15 is 0 Å². The van der Waals surface area contributed by atoms with Gasteiger partial charge in [0.25, 0.3) is 0 Å². The summed E-state index contributed by atoms with van der Waals surface area (Å²) in [5, 5.41) is 10.9. The first-order chi connectivity index (χ1) is 14.0. The van der Waals surface area contributed by atoms with Crippen molar-refractivity contribution >= 4 is 49.6 Å². The van der Waals surface area contributed by atoms with E-state index in [0.717, 1.165) is 21.2 Å². The number of carbonyl (C=O) groups is 1. The van der Waals surface area contributed by atoms with Crippen molar-refractivity contribution in [2.45, 2.75) is 19.5 Å². The van der Waals surface area contributed by atoms with Crippen LogP contribution in [0.3, 0.4) is 0 Å². The summed E-state index contributed by atoms with van der Waals surface area (Å²) in [4.78, 5) is 16.4. The fourth-order valence-corrected chi connectivity index (χ4v) is 4.54. The first-order valence-corrected chi connectivity index (χ1v) is 9.93. The molecular formula is C21H16F2N4OS. The quantitative estimate of drug-likeness (QED) is 0.484. The lowest BCUT2D eigenvalue weighted by atomic mass is 9.93. The normalized spacial score (nSPS) is 18.3. The second-order valence-electron chi connectivity index (χ2n) is 7.14. The van der Waals surface area contributed by atoms with E-state index in [1.807, 2.05) is 18.2 Å². The third-order valence-electron chi connectivity index (χ3n) is 5.28. The highest BCUT2D eigenvalue weighted by Crippen LogP contribution is 2.39. The van der Waals surface area contributed by atoms with Crippen molar-refractivity contribution in [3.05, 3.63) is 47.9 Å². The van der Waals surface area contributed by atoms with Gasteiger partial charge in [0.2, 0.25) is 5.91 Å². The van der Waals surface area contributed by atoms with E-state index in [-0.39, 0.29) is 18.1 Å². The summed E-state index contributed by atoms with van der Waals surface area (Å²) in [5.74, 6) is -1.25. The molecule has 0 radical (unpaired) electrons. The van der Waals surface area contributed by atoms with Crippen LogP contribution in [0.2, 0.25) is 0 Å². The van der Waals surface area contributed by atoms with Gasteiger partial charge in [0.1, 0.15) is 12.0 Å². The van der Waals surface area contributed by atoms with Crippen LogP contribution in [0.15, 0.2) is 31.0 Å². The minimum absolute atomic E-state index is 0.271. The summed E-state index contributed by atoms with van der Waals surface area (Å²) >= 11 is 1.31. The van der Waals surface area contributed by atoms with Crippen LogP contribution < -0.4 is 5.32 Å². The molecule has 0 unspecified atom stereocenters. The number of nitrogens with zero attached hydrogens (tertiary/aromatic N) is 2. The smallest absolute Gasteiger partial charge is 0.232 e. The number of anilines is 1. The number of rotatable bonds is 4. The zero-order valence-corrected chi connectivity index (χ0v) is 16.2. The van der Waals surface area contributed by atoms with Crippen LogP contribution in [0.1, 0.15) is 17.5 Å². The molecule has 2 aromatic heterocycles. The minimum atomic E-state index is -1.05. The third-order valence-corrected chi connectivity index (χ3v) is 6.21. The van der Waals surface area contributed by atoms with Gasteiger partial charge in [0.05, 0.1) is 27.8 Å². The van der Waals surface area contributed by atoms with Crippen molar-refractivity contribution in [2.75, 3.05) is 5.32 Å². The monoisotopic (exact) mass is 410 g/mol. The molecule has 0 saturated heterocycles. The molecule has 146 valence electrons. The van der Waals surface area contributed by atoms with Gasteiger partial charge in [-0.3, -0.25) is 9.89 Å². The molecule has 2 aromatic carbocycles. The van der Waals surface area contributed by atoms with E-state index in [1.54, 1.807) is 13.1 Å². The molecule has 5 nitrogen and oxygen atoms in total. The number of amides is 1. The van der Waals surface area contributed by atoms with Gasteiger partial charge >= 0.3 is 0 Å². The molecular weight excluding hydrogens is 394 g/mol. The van der Waals surface area contributed by atoms with Crippen LogP contribution in [-0.4, -0.2) is 27.3 Å². The number of H-pyrrole nitrogens is 1. The van der Waals surface area contributed by atoms with E-state index in [0.29, 0.717) is 27.3 Å². The highest BCUT2D eigenvalue weighted by atomic mass is 32.1. The number of hydrogen-bond donors (Lipinski definition) is 2. The number of alkyl halides is 1. The molecule has 4 aromatic rings. The van der Waals surface area contributed by atoms with Crippen molar-refractivity contribution < 1.29 is 13.6 Å². The van der Waals surface area contributed by atoms with Crippen molar-refractivity contribution in [1.29, 1.82) is 0 Å². The maximum absolute atomic E-state index is 14.9. The Hall–Kier alpha value is -3.13. The Morgan fingerprint density at radius 3 is 2.97 bits per heavy atom. The molecule has 2 heterocycles. The molecule has 1 fully saturated rings. The number of fused-ring (bicyclic) bond motifs is 2. The number of hydrogen-bond acceptors (Lipinski definition) is 4. The molecule has 2 atom stereocenters. The average Bonchev–Trinajstić information content (AvgIpc) is 3.08. The first-order valence-electron chi connectivity index (χ1n) is 9.11. The second kappa shape index (κ2) is 6.45. The number of benzene rings is 2. The lowest BCUT2D eigenvalue weighted by molar-refractivity contribution is -0.117. The van der Waals surface area contributed by atoms with E-state index < -0.39 is 12.1 Å². The van der Waals surface area contributed by atoms with Gasteiger partial charge in [-0.25, -0.2) is 13.8 Å². The highest BCUT2D eigenvalue weighted by molar-refractivity contribution is 7.22. The average molecular weight is 410 g/mol. The van der Waals surface area contributed by atoms with E-state index in [1.165, 1.54) is 17.4 Å². The summed E-state index contributed by atoms with van der Waals surface area (Å²) in [6.07, 6.45) is 2.38. The fraction of sp³-hybridized carbons (Fsp3) is 0.190. The van der Waals surface area contributed by atoms with Crippen molar-refractivity contribution in [3.63, 3.8) is 0 Å². The number of halogens is 2. The number of nitrogens with one attached hydrogen (secondary N) is 2. The van der Waals surface area contributed by atoms with Crippen LogP contribution in [-0.2, 0) is 4.79 Å². The van der Waals surface area contributed by atoms with Gasteiger partial charge in [-0.05, 0) is 42.2 Å². The van der Waals surface area contributed by atoms with E-state index in [9.17, 15) is 13.6 Å². The van der Waals surface area contributed by atoms with Gasteiger partial charge < -0.3 is 5.32 Å². The van der Waals surface area contributed by atoms with E-state index in [4.69, 9.17) is 0 Å². The summed E-state index contributed by atoms with van der Waals surface area (Å²) < 4.78 is 28.8. The molecule has 1 saturated carbocycles. The highest BCUT2D eigenvalue weighted by Gasteiger charge is 2.43. The van der Waals surface area contributed by atoms with Gasteiger partial charge in [0.15, 0.2) is 5.13 Å². The Morgan fingerprint density at radius 1 is 1.45 bits per heavy atom. The van der Waals surface area contributed by atoms with Gasteiger partial charge in [-0.2, -0.15) is 5.10 Å². The zero-order valence-electron chi connectivity index (χ0n) is 15.4. The van der Waals surface area contributed by atoms with Gasteiger partial charge in [-0.15, -0.1) is 0 Å².